The molecule has 0 atom stereocenters. The molecule has 76 valence electrons. The molecule has 0 spiro atoms. The van der Waals surface area contributed by atoms with Crippen molar-refractivity contribution in [2.24, 2.45) is 0 Å². The molecule has 0 unspecified atom stereocenters. The first-order valence-corrected chi connectivity index (χ1v) is 4.81. The highest BCUT2D eigenvalue weighted by Gasteiger charge is 1.99. The minimum Gasteiger partial charge on any atom is -0.493 e. The van der Waals surface area contributed by atoms with Crippen LogP contribution in [-0.4, -0.2) is 18.3 Å². The minimum absolute atomic E-state index is 0.170. The highest BCUT2D eigenvalue weighted by atomic mass is 16.5. The van der Waals surface area contributed by atoms with Gasteiger partial charge in [-0.2, -0.15) is 0 Å². The molecule has 0 aliphatic rings. The van der Waals surface area contributed by atoms with Crippen LogP contribution in [0.1, 0.15) is 12.0 Å². The second-order valence-electron chi connectivity index (χ2n) is 3.03. The van der Waals surface area contributed by atoms with E-state index in [0.29, 0.717) is 13.0 Å². The molecule has 1 N–H and O–H groups in total. The van der Waals surface area contributed by atoms with Gasteiger partial charge in [0.15, 0.2) is 0 Å². The van der Waals surface area contributed by atoms with Crippen molar-refractivity contribution >= 4 is 0 Å². The lowest BCUT2D eigenvalue weighted by atomic mass is 10.1. The number of aliphatic hydroxyl groups excluding tert-OH is 1. The van der Waals surface area contributed by atoms with Gasteiger partial charge in [0.2, 0.25) is 0 Å². The number of allylic oxidation sites excluding steroid dienone is 1. The molecule has 0 amide bonds. The maximum atomic E-state index is 8.62. The van der Waals surface area contributed by atoms with Crippen LogP contribution in [0, 0.1) is 0 Å². The molecule has 2 heteroatoms. The molecule has 0 bridgehead atoms. The number of hydrogen-bond acceptors (Lipinski definition) is 2. The van der Waals surface area contributed by atoms with Crippen molar-refractivity contribution in [2.75, 3.05) is 13.2 Å². The summed E-state index contributed by atoms with van der Waals surface area (Å²) in [5.41, 5.74) is 1.14. The van der Waals surface area contributed by atoms with E-state index in [1.807, 2.05) is 30.3 Å². The third-order valence-corrected chi connectivity index (χ3v) is 1.90. The molecule has 1 aromatic rings. The van der Waals surface area contributed by atoms with Crippen molar-refractivity contribution in [3.8, 4) is 5.75 Å². The van der Waals surface area contributed by atoms with Gasteiger partial charge >= 0.3 is 0 Å². The zero-order valence-electron chi connectivity index (χ0n) is 8.28. The van der Waals surface area contributed by atoms with Crippen molar-refractivity contribution in [2.45, 2.75) is 12.8 Å². The van der Waals surface area contributed by atoms with Crippen LogP contribution in [0.4, 0.5) is 0 Å². The Labute approximate surface area is 84.8 Å². The number of ether oxygens (including phenoxy) is 1. The predicted molar refractivity (Wildman–Crippen MR) is 57.5 cm³/mol. The smallest absolute Gasteiger partial charge is 0.122 e. The quantitative estimate of drug-likeness (QED) is 0.553. The molecule has 0 saturated carbocycles. The molecule has 2 nitrogen and oxygen atoms in total. The maximum absolute atomic E-state index is 8.62. The van der Waals surface area contributed by atoms with Crippen molar-refractivity contribution in [1.82, 2.24) is 0 Å². The van der Waals surface area contributed by atoms with Gasteiger partial charge < -0.3 is 9.84 Å². The van der Waals surface area contributed by atoms with Crippen LogP contribution in [0.5, 0.6) is 5.75 Å². The number of rotatable bonds is 6. The Morgan fingerprint density at radius 3 is 2.86 bits per heavy atom. The summed E-state index contributed by atoms with van der Waals surface area (Å²) in [5, 5.41) is 8.62. The van der Waals surface area contributed by atoms with Gasteiger partial charge in [0.1, 0.15) is 5.75 Å². The van der Waals surface area contributed by atoms with Crippen molar-refractivity contribution in [3.05, 3.63) is 42.5 Å². The monoisotopic (exact) mass is 192 g/mol. The molecule has 0 radical (unpaired) electrons. The van der Waals surface area contributed by atoms with Crippen molar-refractivity contribution in [1.29, 1.82) is 0 Å². The zero-order valence-corrected chi connectivity index (χ0v) is 8.28. The van der Waals surface area contributed by atoms with E-state index in [1.54, 1.807) is 0 Å². The molecule has 0 aliphatic heterocycles. The number of para-hydroxylation sites is 1. The van der Waals surface area contributed by atoms with Gasteiger partial charge in [-0.25, -0.2) is 0 Å². The van der Waals surface area contributed by atoms with E-state index >= 15 is 0 Å². The average Bonchev–Trinajstić information content (AvgIpc) is 2.21. The molecule has 0 fully saturated rings. The van der Waals surface area contributed by atoms with Crippen LogP contribution in [-0.2, 0) is 6.42 Å². The Bertz CT molecular complexity index is 281. The van der Waals surface area contributed by atoms with Gasteiger partial charge in [0, 0.05) is 13.0 Å². The van der Waals surface area contributed by atoms with Gasteiger partial charge in [0.25, 0.3) is 0 Å². The predicted octanol–water partition coefficient (Wildman–Crippen LogP) is 2.18. The normalized spacial score (nSPS) is 9.79. The van der Waals surface area contributed by atoms with Gasteiger partial charge in [-0.3, -0.25) is 0 Å². The fourth-order valence-corrected chi connectivity index (χ4v) is 1.22. The maximum Gasteiger partial charge on any atom is 0.122 e. The summed E-state index contributed by atoms with van der Waals surface area (Å²) >= 11 is 0. The van der Waals surface area contributed by atoms with E-state index in [4.69, 9.17) is 9.84 Å². The highest BCUT2D eigenvalue weighted by molar-refractivity contribution is 5.34. The standard InChI is InChI=1S/C12H16O2/c1-2-6-11-7-3-4-8-12(11)14-10-5-9-13/h2-4,7-8,13H,1,5-6,9-10H2. The van der Waals surface area contributed by atoms with Crippen LogP contribution >= 0.6 is 0 Å². The minimum atomic E-state index is 0.170. The fraction of sp³-hybridized carbons (Fsp3) is 0.333. The lowest BCUT2D eigenvalue weighted by Crippen LogP contribution is -2.01. The Hall–Kier alpha value is -1.28. The largest absolute Gasteiger partial charge is 0.493 e. The van der Waals surface area contributed by atoms with Crippen LogP contribution < -0.4 is 4.74 Å². The van der Waals surface area contributed by atoms with Gasteiger partial charge in [-0.05, 0) is 18.1 Å². The molecule has 0 saturated heterocycles. The average molecular weight is 192 g/mol. The van der Waals surface area contributed by atoms with E-state index in [0.717, 1.165) is 17.7 Å². The summed E-state index contributed by atoms with van der Waals surface area (Å²) in [6, 6.07) is 7.89. The Kier molecular flexibility index (Phi) is 4.79. The van der Waals surface area contributed by atoms with Crippen molar-refractivity contribution in [3.63, 3.8) is 0 Å². The first-order valence-electron chi connectivity index (χ1n) is 4.81. The Morgan fingerprint density at radius 2 is 2.14 bits per heavy atom. The molecule has 1 aromatic carbocycles. The van der Waals surface area contributed by atoms with Gasteiger partial charge in [0.05, 0.1) is 6.61 Å². The van der Waals surface area contributed by atoms with E-state index in [1.165, 1.54) is 0 Å². The molecule has 0 aromatic heterocycles. The topological polar surface area (TPSA) is 29.5 Å². The molecule has 0 aliphatic carbocycles. The molecule has 14 heavy (non-hydrogen) atoms. The summed E-state index contributed by atoms with van der Waals surface area (Å²) in [6.07, 6.45) is 3.34. The second kappa shape index (κ2) is 6.22. The molecule has 0 heterocycles. The third kappa shape index (κ3) is 3.23. The molecular formula is C12H16O2. The van der Waals surface area contributed by atoms with Crippen molar-refractivity contribution < 1.29 is 9.84 Å². The number of benzene rings is 1. The van der Waals surface area contributed by atoms with E-state index < -0.39 is 0 Å². The lowest BCUT2D eigenvalue weighted by Gasteiger charge is -2.09. The van der Waals surface area contributed by atoms with E-state index in [-0.39, 0.29) is 6.61 Å². The summed E-state index contributed by atoms with van der Waals surface area (Å²) in [7, 11) is 0. The summed E-state index contributed by atoms with van der Waals surface area (Å²) in [5.74, 6) is 0.890. The number of hydrogen-bond donors (Lipinski definition) is 1. The Balaban J connectivity index is 2.59. The van der Waals surface area contributed by atoms with Gasteiger partial charge in [-0.1, -0.05) is 24.3 Å². The zero-order chi connectivity index (χ0) is 10.2. The molecular weight excluding hydrogens is 176 g/mol. The second-order valence-corrected chi connectivity index (χ2v) is 3.03. The first-order chi connectivity index (χ1) is 6.88. The van der Waals surface area contributed by atoms with Crippen LogP contribution in [0.25, 0.3) is 0 Å². The summed E-state index contributed by atoms with van der Waals surface area (Å²) in [4.78, 5) is 0. The number of aliphatic hydroxyl groups is 1. The van der Waals surface area contributed by atoms with E-state index in [9.17, 15) is 0 Å². The summed E-state index contributed by atoms with van der Waals surface area (Å²) in [6.45, 7) is 4.43. The van der Waals surface area contributed by atoms with E-state index in [2.05, 4.69) is 6.58 Å². The van der Waals surface area contributed by atoms with Crippen LogP contribution in [0.3, 0.4) is 0 Å². The first kappa shape index (κ1) is 10.8. The van der Waals surface area contributed by atoms with Crippen LogP contribution in [0.15, 0.2) is 36.9 Å². The summed E-state index contributed by atoms with van der Waals surface area (Å²) < 4.78 is 5.52. The Morgan fingerprint density at radius 1 is 1.36 bits per heavy atom. The highest BCUT2D eigenvalue weighted by Crippen LogP contribution is 2.18. The third-order valence-electron chi connectivity index (χ3n) is 1.90. The van der Waals surface area contributed by atoms with Crippen LogP contribution in [0.2, 0.25) is 0 Å². The SMILES string of the molecule is C=CCc1ccccc1OCCCO. The lowest BCUT2D eigenvalue weighted by molar-refractivity contribution is 0.232. The van der Waals surface area contributed by atoms with Gasteiger partial charge in [-0.15, -0.1) is 6.58 Å². The fourth-order valence-electron chi connectivity index (χ4n) is 1.22. The molecule has 1 rings (SSSR count).